The van der Waals surface area contributed by atoms with Crippen LogP contribution in [0, 0.1) is 21.4 Å². The number of nitriles is 1. The molecule has 0 aliphatic heterocycles. The summed E-state index contributed by atoms with van der Waals surface area (Å²) in [4.78, 5) is 16.0. The van der Waals surface area contributed by atoms with Gasteiger partial charge >= 0.3 is 5.69 Å². The summed E-state index contributed by atoms with van der Waals surface area (Å²) in [5.74, 6) is 0.464. The molecule has 7 heteroatoms. The van der Waals surface area contributed by atoms with Crippen molar-refractivity contribution < 1.29 is 4.92 Å². The number of rotatable bonds is 5. The van der Waals surface area contributed by atoms with Gasteiger partial charge in [-0.05, 0) is 27.1 Å². The number of pyridine rings is 1. The van der Waals surface area contributed by atoms with Crippen LogP contribution >= 0.6 is 0 Å². The molecule has 0 aromatic carbocycles. The predicted molar refractivity (Wildman–Crippen MR) is 67.2 cm³/mol. The fourth-order valence-corrected chi connectivity index (χ4v) is 1.21. The van der Waals surface area contributed by atoms with Gasteiger partial charge in [0.05, 0.1) is 4.92 Å². The highest BCUT2D eigenvalue weighted by Gasteiger charge is 2.15. The van der Waals surface area contributed by atoms with Crippen molar-refractivity contribution in [1.29, 1.82) is 5.26 Å². The van der Waals surface area contributed by atoms with E-state index in [9.17, 15) is 10.1 Å². The lowest BCUT2D eigenvalue weighted by Crippen LogP contribution is -2.31. The van der Waals surface area contributed by atoms with E-state index < -0.39 is 4.92 Å². The first kappa shape index (κ1) is 13.9. The van der Waals surface area contributed by atoms with Gasteiger partial charge in [-0.15, -0.1) is 0 Å². The maximum absolute atomic E-state index is 10.6. The number of anilines is 1. The fourth-order valence-electron chi connectivity index (χ4n) is 1.21. The smallest absolute Gasteiger partial charge is 0.305 e. The average molecular weight is 249 g/mol. The predicted octanol–water partition coefficient (Wildman–Crippen LogP) is 1.22. The minimum absolute atomic E-state index is 0.178. The van der Waals surface area contributed by atoms with Gasteiger partial charge < -0.3 is 10.2 Å². The van der Waals surface area contributed by atoms with Gasteiger partial charge in [-0.25, -0.2) is 4.98 Å². The minimum atomic E-state index is -0.613. The molecule has 96 valence electrons. The molecule has 0 radical (unpaired) electrons. The van der Waals surface area contributed by atoms with Crippen LogP contribution < -0.4 is 5.32 Å². The van der Waals surface area contributed by atoms with Gasteiger partial charge in [-0.3, -0.25) is 10.1 Å². The molecule has 0 spiro atoms. The molecule has 0 saturated heterocycles. The van der Waals surface area contributed by atoms with Gasteiger partial charge in [-0.1, -0.05) is 0 Å². The van der Waals surface area contributed by atoms with E-state index in [4.69, 9.17) is 5.26 Å². The van der Waals surface area contributed by atoms with Crippen LogP contribution in [0.15, 0.2) is 12.1 Å². The van der Waals surface area contributed by atoms with Crippen LogP contribution in [-0.2, 0) is 0 Å². The molecule has 1 heterocycles. The summed E-state index contributed by atoms with van der Waals surface area (Å²) in [7, 11) is 3.91. The molecule has 1 aromatic rings. The van der Waals surface area contributed by atoms with Crippen LogP contribution in [-0.4, -0.2) is 41.5 Å². The second-order valence-electron chi connectivity index (χ2n) is 4.13. The van der Waals surface area contributed by atoms with Crippen molar-refractivity contribution in [2.24, 2.45) is 0 Å². The molecule has 1 N–H and O–H groups in total. The minimum Gasteiger partial charge on any atom is -0.368 e. The van der Waals surface area contributed by atoms with Crippen molar-refractivity contribution in [2.75, 3.05) is 26.0 Å². The lowest BCUT2D eigenvalue weighted by Gasteiger charge is -2.20. The summed E-state index contributed by atoms with van der Waals surface area (Å²) >= 11 is 0. The Hall–Kier alpha value is -2.20. The number of likely N-dealkylation sites (N-methyl/N-ethyl adjacent to an activating group) is 1. The third kappa shape index (κ3) is 3.40. The lowest BCUT2D eigenvalue weighted by atomic mass is 10.3. The Morgan fingerprint density at radius 3 is 2.78 bits per heavy atom. The zero-order valence-electron chi connectivity index (χ0n) is 10.5. The van der Waals surface area contributed by atoms with E-state index in [-0.39, 0.29) is 17.4 Å². The van der Waals surface area contributed by atoms with Crippen LogP contribution in [0.5, 0.6) is 0 Å². The third-order valence-electron chi connectivity index (χ3n) is 2.64. The van der Waals surface area contributed by atoms with E-state index in [1.54, 1.807) is 6.07 Å². The summed E-state index contributed by atoms with van der Waals surface area (Å²) in [5, 5.41) is 22.5. The lowest BCUT2D eigenvalue weighted by molar-refractivity contribution is -0.385. The van der Waals surface area contributed by atoms with Crippen LogP contribution in [0.2, 0.25) is 0 Å². The number of nitrogens with zero attached hydrogens (tertiary/aromatic N) is 4. The molecular formula is C11H15N5O2. The number of aromatic nitrogens is 1. The average Bonchev–Trinajstić information content (AvgIpc) is 2.34. The molecule has 0 aliphatic carbocycles. The van der Waals surface area contributed by atoms with E-state index in [0.29, 0.717) is 12.4 Å². The first-order valence-corrected chi connectivity index (χ1v) is 5.41. The quantitative estimate of drug-likeness (QED) is 0.622. The summed E-state index contributed by atoms with van der Waals surface area (Å²) in [6.07, 6.45) is 0. The first-order valence-electron chi connectivity index (χ1n) is 5.41. The molecule has 0 bridgehead atoms. The summed E-state index contributed by atoms with van der Waals surface area (Å²) in [5.41, 5.74) is -0.453. The second kappa shape index (κ2) is 5.93. The number of nitrogens with one attached hydrogen (secondary N) is 1. The van der Waals surface area contributed by atoms with Crippen molar-refractivity contribution in [3.63, 3.8) is 0 Å². The Morgan fingerprint density at radius 2 is 2.28 bits per heavy atom. The Labute approximate surface area is 105 Å². The molecule has 18 heavy (non-hydrogen) atoms. The Bertz CT molecular complexity index is 481. The molecule has 0 amide bonds. The highest BCUT2D eigenvalue weighted by atomic mass is 16.6. The van der Waals surface area contributed by atoms with Crippen molar-refractivity contribution >= 4 is 11.5 Å². The Morgan fingerprint density at radius 1 is 1.61 bits per heavy atom. The number of hydrogen-bond donors (Lipinski definition) is 1. The molecule has 0 saturated carbocycles. The Kier molecular flexibility index (Phi) is 4.57. The summed E-state index contributed by atoms with van der Waals surface area (Å²) in [6, 6.07) is 4.80. The first-order chi connectivity index (χ1) is 8.45. The molecule has 0 aliphatic rings. The van der Waals surface area contributed by atoms with Gasteiger partial charge in [0.2, 0.25) is 5.69 Å². The van der Waals surface area contributed by atoms with E-state index in [1.165, 1.54) is 12.1 Å². The van der Waals surface area contributed by atoms with Gasteiger partial charge in [0.15, 0.2) is 0 Å². The van der Waals surface area contributed by atoms with E-state index in [2.05, 4.69) is 10.3 Å². The maximum atomic E-state index is 10.6. The maximum Gasteiger partial charge on any atom is 0.305 e. The van der Waals surface area contributed by atoms with Crippen molar-refractivity contribution in [2.45, 2.75) is 13.0 Å². The highest BCUT2D eigenvalue weighted by molar-refractivity contribution is 5.50. The molecule has 1 unspecified atom stereocenters. The normalized spacial score (nSPS) is 11.9. The van der Waals surface area contributed by atoms with E-state index >= 15 is 0 Å². The zero-order valence-corrected chi connectivity index (χ0v) is 10.5. The SMILES string of the molecule is CC(CNc1ccc([N+](=O)[O-])c(C#N)n1)N(C)C. The van der Waals surface area contributed by atoms with Crippen LogP contribution in [0.1, 0.15) is 12.6 Å². The van der Waals surface area contributed by atoms with Crippen molar-refractivity contribution in [3.05, 3.63) is 27.9 Å². The van der Waals surface area contributed by atoms with Gasteiger partial charge in [-0.2, -0.15) is 5.26 Å². The topological polar surface area (TPSA) is 95.1 Å². The van der Waals surface area contributed by atoms with Crippen LogP contribution in [0.3, 0.4) is 0 Å². The van der Waals surface area contributed by atoms with Gasteiger partial charge in [0, 0.05) is 18.7 Å². The molecule has 7 nitrogen and oxygen atoms in total. The van der Waals surface area contributed by atoms with E-state index in [0.717, 1.165) is 0 Å². The second-order valence-corrected chi connectivity index (χ2v) is 4.13. The number of hydrogen-bond acceptors (Lipinski definition) is 6. The molecule has 1 atom stereocenters. The summed E-state index contributed by atoms with van der Waals surface area (Å²) < 4.78 is 0. The van der Waals surface area contributed by atoms with E-state index in [1.807, 2.05) is 25.9 Å². The van der Waals surface area contributed by atoms with Crippen molar-refractivity contribution in [3.8, 4) is 6.07 Å². The molecule has 0 fully saturated rings. The fraction of sp³-hybridized carbons (Fsp3) is 0.455. The van der Waals surface area contributed by atoms with Gasteiger partial charge in [0.1, 0.15) is 11.9 Å². The van der Waals surface area contributed by atoms with Gasteiger partial charge in [0.25, 0.3) is 0 Å². The largest absolute Gasteiger partial charge is 0.368 e. The zero-order chi connectivity index (χ0) is 13.7. The molecular weight excluding hydrogens is 234 g/mol. The third-order valence-corrected chi connectivity index (χ3v) is 2.64. The monoisotopic (exact) mass is 249 g/mol. The van der Waals surface area contributed by atoms with Crippen LogP contribution in [0.25, 0.3) is 0 Å². The highest BCUT2D eigenvalue weighted by Crippen LogP contribution is 2.17. The summed E-state index contributed by atoms with van der Waals surface area (Å²) in [6.45, 7) is 2.67. The van der Waals surface area contributed by atoms with Crippen molar-refractivity contribution in [1.82, 2.24) is 9.88 Å². The molecule has 1 rings (SSSR count). The van der Waals surface area contributed by atoms with Crippen LogP contribution in [0.4, 0.5) is 11.5 Å². The Balaban J connectivity index is 2.81. The number of nitro groups is 1. The molecule has 1 aromatic heterocycles. The standard InChI is InChI=1S/C11H15N5O2/c1-8(15(2)3)7-13-11-5-4-10(16(17)18)9(6-12)14-11/h4-5,8H,7H2,1-3H3,(H,13,14).